The van der Waals surface area contributed by atoms with E-state index in [4.69, 9.17) is 33.3 Å². The predicted molar refractivity (Wildman–Crippen MR) is 111 cm³/mol. The molecule has 2 aromatic rings. The summed E-state index contributed by atoms with van der Waals surface area (Å²) in [4.78, 5) is 4.51. The van der Waals surface area contributed by atoms with E-state index in [-0.39, 0.29) is 0 Å². The molecule has 3 rings (SSSR count). The van der Waals surface area contributed by atoms with Gasteiger partial charge in [-0.3, -0.25) is 0 Å². The molecule has 138 valence electrons. The lowest BCUT2D eigenvalue weighted by molar-refractivity contribution is 0.388. The highest BCUT2D eigenvalue weighted by Crippen LogP contribution is 2.29. The summed E-state index contributed by atoms with van der Waals surface area (Å²) >= 11 is 11.6. The quantitative estimate of drug-likeness (QED) is 0.797. The Balaban J connectivity index is 1.59. The molecule has 1 N–H and O–H groups in total. The Labute approximate surface area is 164 Å². The number of methoxy groups -OCH3 is 2. The molecule has 1 heterocycles. The Bertz CT molecular complexity index is 762. The van der Waals surface area contributed by atoms with Crippen LogP contribution in [0.15, 0.2) is 42.5 Å². The largest absolute Gasteiger partial charge is 0.497 e. The lowest BCUT2D eigenvalue weighted by atomic mass is 10.2. The van der Waals surface area contributed by atoms with E-state index < -0.39 is 0 Å². The van der Waals surface area contributed by atoms with Crippen LogP contribution in [0.3, 0.4) is 0 Å². The number of ether oxygens (including phenoxy) is 2. The smallest absolute Gasteiger partial charge is 0.173 e. The number of thiocarbonyl (C=S) groups is 1. The van der Waals surface area contributed by atoms with Gasteiger partial charge in [-0.1, -0.05) is 11.6 Å². The summed E-state index contributed by atoms with van der Waals surface area (Å²) in [6.45, 7) is 3.52. The van der Waals surface area contributed by atoms with Crippen LogP contribution in [0, 0.1) is 0 Å². The molecule has 1 saturated heterocycles. The van der Waals surface area contributed by atoms with Crippen molar-refractivity contribution in [3.63, 3.8) is 0 Å². The standard InChI is InChI=1S/C19H22ClN3O2S/c1-24-16-7-8-17(18(13-16)25-2)21-19(26)23-11-9-22(10-12-23)15-5-3-14(20)4-6-15/h3-8,13H,9-12H2,1-2H3,(H,21,26). The molecule has 0 unspecified atom stereocenters. The number of hydrogen-bond acceptors (Lipinski definition) is 4. The van der Waals surface area contributed by atoms with E-state index in [0.29, 0.717) is 10.9 Å². The van der Waals surface area contributed by atoms with Crippen LogP contribution >= 0.6 is 23.8 Å². The van der Waals surface area contributed by atoms with Crippen molar-refractivity contribution in [2.24, 2.45) is 0 Å². The highest BCUT2D eigenvalue weighted by Gasteiger charge is 2.20. The zero-order valence-corrected chi connectivity index (χ0v) is 16.4. The van der Waals surface area contributed by atoms with Gasteiger partial charge in [0, 0.05) is 43.0 Å². The highest BCUT2D eigenvalue weighted by molar-refractivity contribution is 7.80. The third-order valence-electron chi connectivity index (χ3n) is 4.41. The van der Waals surface area contributed by atoms with Gasteiger partial charge in [-0.05, 0) is 48.6 Å². The van der Waals surface area contributed by atoms with Crippen LogP contribution < -0.4 is 19.7 Å². The molecule has 0 aromatic heterocycles. The fourth-order valence-electron chi connectivity index (χ4n) is 2.92. The van der Waals surface area contributed by atoms with E-state index in [1.807, 2.05) is 30.3 Å². The minimum atomic E-state index is 0.698. The number of anilines is 2. The Morgan fingerprint density at radius 1 is 1.00 bits per heavy atom. The van der Waals surface area contributed by atoms with E-state index in [1.54, 1.807) is 14.2 Å². The number of nitrogens with one attached hydrogen (secondary N) is 1. The molecule has 1 aliphatic rings. The Hall–Kier alpha value is -2.18. The molecule has 0 aliphatic carbocycles. The molecule has 26 heavy (non-hydrogen) atoms. The van der Waals surface area contributed by atoms with Crippen LogP contribution in [0.2, 0.25) is 5.02 Å². The van der Waals surface area contributed by atoms with E-state index in [9.17, 15) is 0 Å². The SMILES string of the molecule is COc1ccc(NC(=S)N2CCN(c3ccc(Cl)cc3)CC2)c(OC)c1. The zero-order chi connectivity index (χ0) is 18.5. The van der Waals surface area contributed by atoms with Gasteiger partial charge in [0.25, 0.3) is 0 Å². The van der Waals surface area contributed by atoms with Gasteiger partial charge in [-0.15, -0.1) is 0 Å². The number of halogens is 1. The molecule has 0 atom stereocenters. The number of benzene rings is 2. The Morgan fingerprint density at radius 3 is 2.31 bits per heavy atom. The predicted octanol–water partition coefficient (Wildman–Crippen LogP) is 3.88. The average molecular weight is 392 g/mol. The van der Waals surface area contributed by atoms with E-state index in [0.717, 1.165) is 42.6 Å². The first-order chi connectivity index (χ1) is 12.6. The van der Waals surface area contributed by atoms with Crippen LogP contribution in [0.25, 0.3) is 0 Å². The van der Waals surface area contributed by atoms with E-state index in [2.05, 4.69) is 27.2 Å². The lowest BCUT2D eigenvalue weighted by Gasteiger charge is -2.37. The van der Waals surface area contributed by atoms with Crippen LogP contribution in [0.1, 0.15) is 0 Å². The number of rotatable bonds is 4. The van der Waals surface area contributed by atoms with Crippen molar-refractivity contribution in [2.75, 3.05) is 50.6 Å². The second kappa shape index (κ2) is 8.47. The Morgan fingerprint density at radius 2 is 1.69 bits per heavy atom. The van der Waals surface area contributed by atoms with E-state index >= 15 is 0 Å². The molecular formula is C19H22ClN3O2S. The maximum absolute atomic E-state index is 5.97. The minimum absolute atomic E-state index is 0.698. The molecule has 7 heteroatoms. The topological polar surface area (TPSA) is 37.0 Å². The second-order valence-corrected chi connectivity index (χ2v) is 6.77. The first-order valence-electron chi connectivity index (χ1n) is 8.39. The number of piperazine rings is 1. The van der Waals surface area contributed by atoms with Gasteiger partial charge in [-0.25, -0.2) is 0 Å². The van der Waals surface area contributed by atoms with Gasteiger partial charge >= 0.3 is 0 Å². The van der Waals surface area contributed by atoms with Crippen molar-refractivity contribution in [2.45, 2.75) is 0 Å². The molecule has 5 nitrogen and oxygen atoms in total. The van der Waals surface area contributed by atoms with Gasteiger partial charge in [0.1, 0.15) is 11.5 Å². The fraction of sp³-hybridized carbons (Fsp3) is 0.316. The summed E-state index contributed by atoms with van der Waals surface area (Å²) in [5.41, 5.74) is 2.02. The van der Waals surface area contributed by atoms with Crippen molar-refractivity contribution < 1.29 is 9.47 Å². The van der Waals surface area contributed by atoms with Gasteiger partial charge < -0.3 is 24.6 Å². The summed E-state index contributed by atoms with van der Waals surface area (Å²) in [7, 11) is 3.26. The van der Waals surface area contributed by atoms with Crippen molar-refractivity contribution in [3.8, 4) is 11.5 Å². The Kier molecular flexibility index (Phi) is 6.06. The molecule has 1 fully saturated rings. The monoisotopic (exact) mass is 391 g/mol. The average Bonchev–Trinajstić information content (AvgIpc) is 2.69. The molecule has 0 saturated carbocycles. The van der Waals surface area contributed by atoms with Crippen molar-refractivity contribution in [1.29, 1.82) is 0 Å². The third kappa shape index (κ3) is 4.31. The highest BCUT2D eigenvalue weighted by atomic mass is 35.5. The molecular weight excluding hydrogens is 370 g/mol. The molecule has 0 spiro atoms. The maximum Gasteiger partial charge on any atom is 0.173 e. The van der Waals surface area contributed by atoms with Crippen LogP contribution in [0.4, 0.5) is 11.4 Å². The summed E-state index contributed by atoms with van der Waals surface area (Å²) in [6.07, 6.45) is 0. The van der Waals surface area contributed by atoms with Gasteiger partial charge in [0.15, 0.2) is 5.11 Å². The van der Waals surface area contributed by atoms with Crippen LogP contribution in [-0.4, -0.2) is 50.4 Å². The molecule has 0 bridgehead atoms. The summed E-state index contributed by atoms with van der Waals surface area (Å²) in [6, 6.07) is 13.6. The number of hydrogen-bond donors (Lipinski definition) is 1. The lowest BCUT2D eigenvalue weighted by Crippen LogP contribution is -2.50. The third-order valence-corrected chi connectivity index (χ3v) is 5.02. The van der Waals surface area contributed by atoms with Gasteiger partial charge in [0.2, 0.25) is 0 Å². The molecule has 2 aromatic carbocycles. The van der Waals surface area contributed by atoms with Gasteiger partial charge in [0.05, 0.1) is 19.9 Å². The van der Waals surface area contributed by atoms with Crippen molar-refractivity contribution in [1.82, 2.24) is 4.90 Å². The van der Waals surface area contributed by atoms with Crippen LogP contribution in [-0.2, 0) is 0 Å². The minimum Gasteiger partial charge on any atom is -0.497 e. The second-order valence-electron chi connectivity index (χ2n) is 5.95. The van der Waals surface area contributed by atoms with Gasteiger partial charge in [-0.2, -0.15) is 0 Å². The molecule has 0 radical (unpaired) electrons. The molecule has 1 aliphatic heterocycles. The summed E-state index contributed by atoms with van der Waals surface area (Å²) < 4.78 is 10.7. The summed E-state index contributed by atoms with van der Waals surface area (Å²) in [5, 5.41) is 4.74. The van der Waals surface area contributed by atoms with Crippen LogP contribution in [0.5, 0.6) is 11.5 Å². The maximum atomic E-state index is 5.97. The van der Waals surface area contributed by atoms with E-state index in [1.165, 1.54) is 5.69 Å². The first kappa shape index (κ1) is 18.6. The normalized spacial score (nSPS) is 14.1. The zero-order valence-electron chi connectivity index (χ0n) is 14.9. The number of nitrogens with zero attached hydrogens (tertiary/aromatic N) is 2. The molecule has 0 amide bonds. The fourth-order valence-corrected chi connectivity index (χ4v) is 3.33. The van der Waals surface area contributed by atoms with Crippen molar-refractivity contribution in [3.05, 3.63) is 47.5 Å². The summed E-state index contributed by atoms with van der Waals surface area (Å²) in [5.74, 6) is 1.45. The first-order valence-corrected chi connectivity index (χ1v) is 9.18. The van der Waals surface area contributed by atoms with Crippen molar-refractivity contribution >= 4 is 40.3 Å².